The van der Waals surface area contributed by atoms with Crippen LogP contribution in [0.3, 0.4) is 0 Å². The van der Waals surface area contributed by atoms with Gasteiger partial charge in [-0.1, -0.05) is 18.2 Å². The molecule has 3 aliphatic carbocycles. The Morgan fingerprint density at radius 3 is 2.37 bits per heavy atom. The first-order chi connectivity index (χ1) is 18.0. The Balaban J connectivity index is 1.61. The number of Topliss-reactive ketones (excluding diaryl/α,β-unsaturated/α-hetero) is 2. The fourth-order valence-corrected chi connectivity index (χ4v) is 5.89. The smallest absolute Gasteiger partial charge is 0.255 e. The summed E-state index contributed by atoms with van der Waals surface area (Å²) in [5, 5.41) is 46.5. The van der Waals surface area contributed by atoms with Gasteiger partial charge in [-0.25, -0.2) is 0 Å². The maximum absolute atomic E-state index is 13.6. The van der Waals surface area contributed by atoms with E-state index in [0.29, 0.717) is 22.4 Å². The van der Waals surface area contributed by atoms with Gasteiger partial charge in [0.15, 0.2) is 11.4 Å². The van der Waals surface area contributed by atoms with Gasteiger partial charge in [0.05, 0.1) is 5.56 Å². The van der Waals surface area contributed by atoms with Crippen LogP contribution in [0, 0.1) is 11.8 Å². The highest BCUT2D eigenvalue weighted by atomic mass is 35.5. The van der Waals surface area contributed by atoms with Gasteiger partial charge in [0.2, 0.25) is 11.7 Å². The summed E-state index contributed by atoms with van der Waals surface area (Å²) in [7, 11) is 0. The van der Waals surface area contributed by atoms with Crippen LogP contribution in [0.5, 0.6) is 5.75 Å². The van der Waals surface area contributed by atoms with Crippen molar-refractivity contribution in [1.82, 2.24) is 0 Å². The maximum atomic E-state index is 13.6. The molecule has 0 aromatic heterocycles. The number of rotatable bonds is 4. The summed E-state index contributed by atoms with van der Waals surface area (Å²) in [5.74, 6) is -7.29. The third-order valence-electron chi connectivity index (χ3n) is 7.55. The van der Waals surface area contributed by atoms with E-state index in [1.165, 1.54) is 6.07 Å². The fraction of sp³-hybridized carbons (Fsp3) is 0.259. The van der Waals surface area contributed by atoms with Crippen molar-refractivity contribution in [1.29, 1.82) is 0 Å². The molecule has 2 amide bonds. The van der Waals surface area contributed by atoms with Crippen molar-refractivity contribution in [2.24, 2.45) is 17.6 Å². The zero-order chi connectivity index (χ0) is 27.5. The van der Waals surface area contributed by atoms with Crippen molar-refractivity contribution in [2.45, 2.75) is 24.9 Å². The van der Waals surface area contributed by atoms with Crippen LogP contribution in [-0.2, 0) is 25.6 Å². The van der Waals surface area contributed by atoms with Crippen molar-refractivity contribution in [3.63, 3.8) is 0 Å². The zero-order valence-corrected chi connectivity index (χ0v) is 20.6. The number of carbonyl (C=O) groups is 4. The lowest BCUT2D eigenvalue weighted by Gasteiger charge is -2.46. The lowest BCUT2D eigenvalue weighted by Crippen LogP contribution is -2.58. The SMILES string of the molecule is NC(=O)C1=C(O)[C@@]2(O)C(=O)C3=C(O)c4c(O)ccc(-c5ccc(NC(=O)CCl)cc5)c4C[C@H]3C[C@H]2CC1=O. The number of phenols is 1. The highest BCUT2D eigenvalue weighted by molar-refractivity contribution is 6.29. The van der Waals surface area contributed by atoms with E-state index in [1.807, 2.05) is 0 Å². The molecule has 196 valence electrons. The minimum atomic E-state index is -2.61. The van der Waals surface area contributed by atoms with Gasteiger partial charge in [0.25, 0.3) is 5.91 Å². The van der Waals surface area contributed by atoms with Crippen LogP contribution >= 0.6 is 11.6 Å². The molecule has 0 unspecified atom stereocenters. The number of aromatic hydroxyl groups is 1. The van der Waals surface area contributed by atoms with E-state index < -0.39 is 52.0 Å². The summed E-state index contributed by atoms with van der Waals surface area (Å²) in [5.41, 5.74) is 4.02. The molecule has 0 spiro atoms. The second-order valence-corrected chi connectivity index (χ2v) is 9.92. The van der Waals surface area contributed by atoms with Crippen LogP contribution in [0.25, 0.3) is 16.9 Å². The molecule has 2 aromatic rings. The Kier molecular flexibility index (Phi) is 6.04. The number of aliphatic hydroxyl groups excluding tert-OH is 2. The Labute approximate surface area is 221 Å². The number of alkyl halides is 1. The van der Waals surface area contributed by atoms with Crippen LogP contribution in [-0.4, -0.2) is 55.3 Å². The molecule has 3 aliphatic rings. The van der Waals surface area contributed by atoms with E-state index in [0.717, 1.165) is 0 Å². The van der Waals surface area contributed by atoms with E-state index in [1.54, 1.807) is 30.3 Å². The number of nitrogens with one attached hydrogen (secondary N) is 1. The molecule has 7 N–H and O–H groups in total. The molecule has 0 saturated heterocycles. The average molecular weight is 539 g/mol. The molecular formula is C27H23ClN2O8. The fourth-order valence-electron chi connectivity index (χ4n) is 5.82. The van der Waals surface area contributed by atoms with Gasteiger partial charge in [-0.15, -0.1) is 11.6 Å². The standard InChI is InChI=1S/C27H23ClN2O8/c28-10-19(33)30-14-3-1-11(2-4-14)15-5-6-17(31)21-16(15)8-12-7-13-9-18(32)22(26(29)37)25(36)27(13,38)24(35)20(12)23(21)34/h1-6,12-13,31,34,36,38H,7-10H2,(H2,29,37)(H,30,33)/t12-,13+,27+/m1/s1. The molecule has 0 heterocycles. The van der Waals surface area contributed by atoms with E-state index >= 15 is 0 Å². The molecule has 5 rings (SSSR count). The number of halogens is 1. The van der Waals surface area contributed by atoms with Crippen LogP contribution in [0.15, 0.2) is 53.3 Å². The summed E-state index contributed by atoms with van der Waals surface area (Å²) in [6.45, 7) is 0. The van der Waals surface area contributed by atoms with Gasteiger partial charge in [0, 0.05) is 23.6 Å². The van der Waals surface area contributed by atoms with Gasteiger partial charge in [-0.2, -0.15) is 0 Å². The number of anilines is 1. The first-order valence-corrected chi connectivity index (χ1v) is 12.3. The van der Waals surface area contributed by atoms with E-state index in [-0.39, 0.29) is 47.9 Å². The van der Waals surface area contributed by atoms with E-state index in [9.17, 15) is 39.6 Å². The Morgan fingerprint density at radius 2 is 1.74 bits per heavy atom. The topological polar surface area (TPSA) is 187 Å². The van der Waals surface area contributed by atoms with Gasteiger partial charge in [-0.3, -0.25) is 19.2 Å². The van der Waals surface area contributed by atoms with Crippen LogP contribution in [0.1, 0.15) is 24.0 Å². The number of hydrogen-bond acceptors (Lipinski definition) is 8. The van der Waals surface area contributed by atoms with Gasteiger partial charge < -0.3 is 31.5 Å². The Hall–Kier alpha value is -4.15. The largest absolute Gasteiger partial charge is 0.508 e. The molecule has 38 heavy (non-hydrogen) atoms. The number of benzene rings is 2. The Bertz CT molecular complexity index is 1490. The number of ketones is 2. The van der Waals surface area contributed by atoms with E-state index in [2.05, 4.69) is 5.32 Å². The molecule has 0 bridgehead atoms. The van der Waals surface area contributed by atoms with Gasteiger partial charge in [0.1, 0.15) is 28.7 Å². The molecule has 3 atom stereocenters. The molecule has 11 heteroatoms. The second kappa shape index (κ2) is 9.00. The minimum Gasteiger partial charge on any atom is -0.508 e. The third kappa shape index (κ3) is 3.67. The lowest BCUT2D eigenvalue weighted by atomic mass is 9.59. The number of primary amides is 1. The highest BCUT2D eigenvalue weighted by Gasteiger charge is 2.60. The molecule has 10 nitrogen and oxygen atoms in total. The third-order valence-corrected chi connectivity index (χ3v) is 7.79. The quantitative estimate of drug-likeness (QED) is 0.252. The number of amides is 2. The summed E-state index contributed by atoms with van der Waals surface area (Å²) in [6, 6.07) is 9.86. The van der Waals surface area contributed by atoms with Crippen molar-refractivity contribution in [3.8, 4) is 16.9 Å². The lowest BCUT2D eigenvalue weighted by molar-refractivity contribution is -0.147. The monoisotopic (exact) mass is 538 g/mol. The number of aliphatic hydroxyl groups is 3. The first kappa shape index (κ1) is 25.5. The molecule has 0 aliphatic heterocycles. The molecular weight excluding hydrogens is 516 g/mol. The summed E-state index contributed by atoms with van der Waals surface area (Å²) >= 11 is 5.53. The molecule has 1 saturated carbocycles. The Morgan fingerprint density at radius 1 is 1.05 bits per heavy atom. The molecule has 2 aromatic carbocycles. The van der Waals surface area contributed by atoms with Crippen LogP contribution in [0.2, 0.25) is 0 Å². The first-order valence-electron chi connectivity index (χ1n) is 11.8. The normalized spacial score (nSPS) is 24.5. The zero-order valence-electron chi connectivity index (χ0n) is 19.8. The number of phenolic OH excluding ortho intramolecular Hbond substituents is 1. The van der Waals surface area contributed by atoms with Crippen LogP contribution in [0.4, 0.5) is 5.69 Å². The predicted molar refractivity (Wildman–Crippen MR) is 136 cm³/mol. The number of nitrogens with two attached hydrogens (primary N) is 1. The van der Waals surface area contributed by atoms with Crippen LogP contribution < -0.4 is 11.1 Å². The minimum absolute atomic E-state index is 0.00847. The van der Waals surface area contributed by atoms with Gasteiger partial charge in [-0.05, 0) is 53.6 Å². The number of hydrogen-bond donors (Lipinski definition) is 6. The number of carbonyl (C=O) groups excluding carboxylic acids is 4. The van der Waals surface area contributed by atoms with Crippen molar-refractivity contribution >= 4 is 46.4 Å². The highest BCUT2D eigenvalue weighted by Crippen LogP contribution is 2.53. The summed E-state index contributed by atoms with van der Waals surface area (Å²) in [6.07, 6.45) is -0.158. The van der Waals surface area contributed by atoms with Crippen molar-refractivity contribution in [2.75, 3.05) is 11.2 Å². The summed E-state index contributed by atoms with van der Waals surface area (Å²) in [4.78, 5) is 49.4. The molecule has 1 fully saturated rings. The van der Waals surface area contributed by atoms with E-state index in [4.69, 9.17) is 17.3 Å². The maximum Gasteiger partial charge on any atom is 0.255 e. The predicted octanol–water partition coefficient (Wildman–Crippen LogP) is 2.27. The number of fused-ring (bicyclic) bond motifs is 3. The average Bonchev–Trinajstić information content (AvgIpc) is 2.86. The second-order valence-electron chi connectivity index (χ2n) is 9.65. The molecule has 0 radical (unpaired) electrons. The van der Waals surface area contributed by atoms with Crippen molar-refractivity contribution in [3.05, 3.63) is 64.4 Å². The van der Waals surface area contributed by atoms with Crippen molar-refractivity contribution < 1.29 is 39.6 Å². The van der Waals surface area contributed by atoms with Gasteiger partial charge >= 0.3 is 0 Å². The summed E-state index contributed by atoms with van der Waals surface area (Å²) < 4.78 is 0.